The Morgan fingerprint density at radius 1 is 1.23 bits per heavy atom. The zero-order valence-corrected chi connectivity index (χ0v) is 15.1. The number of nitrogens with zero attached hydrogens (tertiary/aromatic N) is 1. The molecular formula is C15H29NO5P+. The van der Waals surface area contributed by atoms with Crippen molar-refractivity contribution in [2.75, 3.05) is 33.5 Å². The van der Waals surface area contributed by atoms with Crippen molar-refractivity contribution < 1.29 is 28.3 Å². The Balaban J connectivity index is 5.02. The largest absolute Gasteiger partial charge is 0.478 e. The van der Waals surface area contributed by atoms with E-state index >= 15 is 0 Å². The van der Waals surface area contributed by atoms with Crippen molar-refractivity contribution >= 4 is 19.2 Å². The Kier molecular flexibility index (Phi) is 8.64. The molecule has 0 heterocycles. The molecule has 0 aliphatic heterocycles. The predicted molar refractivity (Wildman–Crippen MR) is 87.2 cm³/mol. The van der Waals surface area contributed by atoms with Gasteiger partial charge in [0.05, 0.1) is 27.3 Å². The number of esters is 1. The molecule has 0 fully saturated rings. The van der Waals surface area contributed by atoms with Gasteiger partial charge in [0.1, 0.15) is 6.10 Å². The Hall–Kier alpha value is -1.13. The molecule has 0 spiro atoms. The summed E-state index contributed by atoms with van der Waals surface area (Å²) in [5.41, 5.74) is 0. The van der Waals surface area contributed by atoms with Gasteiger partial charge in [-0.3, -0.25) is 8.82 Å². The molecular weight excluding hydrogens is 305 g/mol. The number of unbranched alkanes of at least 4 members (excludes halogenated alkanes) is 1. The van der Waals surface area contributed by atoms with E-state index in [1.807, 2.05) is 35.0 Å². The Labute approximate surface area is 133 Å². The van der Waals surface area contributed by atoms with Gasteiger partial charge < -0.3 is 9.84 Å². The molecule has 0 rings (SSSR count). The average Bonchev–Trinajstić information content (AvgIpc) is 2.41. The van der Waals surface area contributed by atoms with Gasteiger partial charge in [-0.05, 0) is 6.42 Å². The van der Waals surface area contributed by atoms with Crippen LogP contribution in [0.25, 0.3) is 0 Å². The molecule has 0 aromatic rings. The van der Waals surface area contributed by atoms with Crippen LogP contribution in [0.2, 0.25) is 0 Å². The van der Waals surface area contributed by atoms with Crippen molar-refractivity contribution in [1.82, 2.24) is 0 Å². The van der Waals surface area contributed by atoms with Crippen LogP contribution in [0, 0.1) is 0 Å². The van der Waals surface area contributed by atoms with Crippen LogP contribution in [0.1, 0.15) is 33.1 Å². The fourth-order valence-electron chi connectivity index (χ4n) is 2.08. The topological polar surface area (TPSA) is 80.7 Å². The van der Waals surface area contributed by atoms with Gasteiger partial charge >= 0.3 is 11.9 Å². The van der Waals surface area contributed by atoms with Gasteiger partial charge in [-0.1, -0.05) is 26.7 Å². The number of carbonyl (C=O) groups excluding carboxylic acids is 1. The minimum atomic E-state index is -2.55. The van der Waals surface area contributed by atoms with E-state index < -0.39 is 25.3 Å². The van der Waals surface area contributed by atoms with E-state index in [0.717, 1.165) is 25.0 Å². The van der Waals surface area contributed by atoms with Crippen LogP contribution in [0.5, 0.6) is 0 Å². The second-order valence-corrected chi connectivity index (χ2v) is 10.0. The molecule has 0 amide bonds. The summed E-state index contributed by atoms with van der Waals surface area (Å²) in [6, 6.07) is 0. The van der Waals surface area contributed by atoms with Crippen LogP contribution < -0.4 is 0 Å². The molecule has 1 N–H and O–H groups in total. The molecule has 2 atom stereocenters. The summed E-state index contributed by atoms with van der Waals surface area (Å²) >= 11 is 0. The predicted octanol–water partition coefficient (Wildman–Crippen LogP) is 2.73. The lowest BCUT2D eigenvalue weighted by Gasteiger charge is -2.35. The molecule has 0 aliphatic carbocycles. The molecule has 0 aliphatic rings. The first kappa shape index (κ1) is 20.9. The maximum absolute atomic E-state index is 13.1. The first-order valence-electron chi connectivity index (χ1n) is 7.57. The van der Waals surface area contributed by atoms with Crippen molar-refractivity contribution in [2.24, 2.45) is 0 Å². The van der Waals surface area contributed by atoms with Crippen molar-refractivity contribution in [3.05, 3.63) is 12.2 Å². The summed E-state index contributed by atoms with van der Waals surface area (Å²) in [7, 11) is 3.09. The second-order valence-electron chi connectivity index (χ2n) is 6.16. The molecule has 0 saturated heterocycles. The zero-order chi connectivity index (χ0) is 17.4. The smallest absolute Gasteiger partial charge is 0.331 e. The van der Waals surface area contributed by atoms with Gasteiger partial charge in [-0.2, -0.15) is 0 Å². The maximum Gasteiger partial charge on any atom is 0.331 e. The summed E-state index contributed by atoms with van der Waals surface area (Å²) < 4.78 is 18.8. The van der Waals surface area contributed by atoms with E-state index in [9.17, 15) is 14.2 Å². The number of carboxylic acid groups (broad SMARTS) is 1. The fourth-order valence-corrected chi connectivity index (χ4v) is 4.57. The van der Waals surface area contributed by atoms with Crippen LogP contribution in [-0.2, 0) is 18.9 Å². The fraction of sp³-hybridized carbons (Fsp3) is 0.733. The van der Waals surface area contributed by atoms with Gasteiger partial charge in [0.15, 0.2) is 0 Å². The second kappa shape index (κ2) is 9.11. The molecule has 0 radical (unpaired) electrons. The molecule has 22 heavy (non-hydrogen) atoms. The van der Waals surface area contributed by atoms with Crippen LogP contribution in [0.15, 0.2) is 12.2 Å². The quantitative estimate of drug-likeness (QED) is 0.377. The molecule has 7 heteroatoms. The zero-order valence-electron chi connectivity index (χ0n) is 14.2. The summed E-state index contributed by atoms with van der Waals surface area (Å²) in [5.74, 6) is -1.90. The number of carbonyl (C=O) groups is 2. The van der Waals surface area contributed by atoms with Crippen molar-refractivity contribution in [3.8, 4) is 0 Å². The molecule has 6 nitrogen and oxygen atoms in total. The highest BCUT2D eigenvalue weighted by atomic mass is 31.2. The maximum atomic E-state index is 13.1. The molecule has 0 bridgehead atoms. The monoisotopic (exact) mass is 334 g/mol. The van der Waals surface area contributed by atoms with Gasteiger partial charge in [-0.25, -0.2) is 9.59 Å². The molecule has 128 valence electrons. The lowest BCUT2D eigenvalue weighted by molar-refractivity contribution is -0.746. The first-order chi connectivity index (χ1) is 10.1. The molecule has 2 unspecified atom stereocenters. The standard InChI is InChI=1S/C15H28NO5P/c1-6-8-9-13(21-15(19)11-10-14(17)18)12-22(20,7-2)16(3,4)5/h10-11,13H,6-9,12H2,1-5H3/p+1. The molecule has 0 aromatic heterocycles. The van der Waals surface area contributed by atoms with E-state index in [-0.39, 0.29) is 0 Å². The third-order valence-corrected chi connectivity index (χ3v) is 7.75. The lowest BCUT2D eigenvalue weighted by Crippen LogP contribution is -2.36. The summed E-state index contributed by atoms with van der Waals surface area (Å²) in [6.07, 6.45) is 4.48. The Bertz CT molecular complexity index is 453. The number of hydrogen-bond donors (Lipinski definition) is 1. The van der Waals surface area contributed by atoms with Crippen LogP contribution >= 0.6 is 7.29 Å². The number of quaternary nitrogens is 1. The van der Waals surface area contributed by atoms with Crippen LogP contribution in [-0.4, -0.2) is 60.9 Å². The first-order valence-corrected chi connectivity index (χ1v) is 9.60. The van der Waals surface area contributed by atoms with Crippen molar-refractivity contribution in [3.63, 3.8) is 0 Å². The minimum absolute atomic E-state index is 0.319. The SMILES string of the molecule is CCCCC(CP(=O)(CC)[N+](C)(C)C)OC(=O)C=CC(=O)O. The highest BCUT2D eigenvalue weighted by Crippen LogP contribution is 2.53. The number of carboxylic acids is 1. The third-order valence-electron chi connectivity index (χ3n) is 3.60. The Morgan fingerprint density at radius 2 is 1.82 bits per heavy atom. The van der Waals surface area contributed by atoms with E-state index in [2.05, 4.69) is 0 Å². The number of hydrogen-bond acceptors (Lipinski definition) is 4. The number of aliphatic carboxylic acids is 1. The molecule has 0 aromatic carbocycles. The summed E-state index contributed by atoms with van der Waals surface area (Å²) in [6.45, 7) is 3.91. The van der Waals surface area contributed by atoms with Gasteiger partial charge in [0.2, 0.25) is 0 Å². The van der Waals surface area contributed by atoms with E-state index in [0.29, 0.717) is 23.0 Å². The van der Waals surface area contributed by atoms with Gasteiger partial charge in [0, 0.05) is 18.3 Å². The summed E-state index contributed by atoms with van der Waals surface area (Å²) in [4.78, 5) is 22.1. The van der Waals surface area contributed by atoms with Crippen molar-refractivity contribution in [2.45, 2.75) is 39.2 Å². The van der Waals surface area contributed by atoms with Gasteiger partial charge in [0.25, 0.3) is 7.29 Å². The van der Waals surface area contributed by atoms with E-state index in [1.165, 1.54) is 0 Å². The average molecular weight is 334 g/mol. The van der Waals surface area contributed by atoms with Crippen LogP contribution in [0.3, 0.4) is 0 Å². The highest BCUT2D eigenvalue weighted by Gasteiger charge is 2.38. The lowest BCUT2D eigenvalue weighted by atomic mass is 10.2. The number of ether oxygens (including phenoxy) is 1. The van der Waals surface area contributed by atoms with E-state index in [1.54, 1.807) is 0 Å². The third kappa shape index (κ3) is 7.23. The van der Waals surface area contributed by atoms with Crippen molar-refractivity contribution in [1.29, 1.82) is 0 Å². The van der Waals surface area contributed by atoms with Crippen LogP contribution in [0.4, 0.5) is 0 Å². The normalized spacial score (nSPS) is 16.2. The Morgan fingerprint density at radius 3 is 2.23 bits per heavy atom. The highest BCUT2D eigenvalue weighted by molar-refractivity contribution is 7.58. The number of rotatable bonds is 10. The van der Waals surface area contributed by atoms with E-state index in [4.69, 9.17) is 9.84 Å². The minimum Gasteiger partial charge on any atom is -0.478 e. The molecule has 0 saturated carbocycles. The van der Waals surface area contributed by atoms with Gasteiger partial charge in [-0.15, -0.1) is 0 Å². The summed E-state index contributed by atoms with van der Waals surface area (Å²) in [5, 5.41) is 8.53.